The maximum Gasteiger partial charge on any atom is 0.272 e. The van der Waals surface area contributed by atoms with E-state index in [-0.39, 0.29) is 5.91 Å². The van der Waals surface area contributed by atoms with Gasteiger partial charge in [-0.05, 0) is 23.8 Å². The molecule has 0 fully saturated rings. The minimum atomic E-state index is -0.196. The predicted octanol–water partition coefficient (Wildman–Crippen LogP) is 2.39. The van der Waals surface area contributed by atoms with Gasteiger partial charge in [0.15, 0.2) is 0 Å². The van der Waals surface area contributed by atoms with Gasteiger partial charge in [-0.1, -0.05) is 23.7 Å². The second-order valence-electron chi connectivity index (χ2n) is 4.01. The molecule has 0 aliphatic heterocycles. The van der Waals surface area contributed by atoms with Gasteiger partial charge in [0.2, 0.25) is 0 Å². The van der Waals surface area contributed by atoms with E-state index in [4.69, 9.17) is 17.3 Å². The Labute approximate surface area is 110 Å². The van der Waals surface area contributed by atoms with Crippen molar-refractivity contribution in [2.45, 2.75) is 6.54 Å². The first kappa shape index (κ1) is 12.7. The van der Waals surface area contributed by atoms with Crippen molar-refractivity contribution in [1.82, 2.24) is 4.57 Å². The average molecular weight is 264 g/mol. The van der Waals surface area contributed by atoms with E-state index in [1.165, 1.54) is 0 Å². The number of rotatable bonds is 3. The van der Waals surface area contributed by atoms with Gasteiger partial charge >= 0.3 is 0 Å². The number of carbonyl (C=O) groups is 1. The molecule has 2 rings (SSSR count). The smallest absolute Gasteiger partial charge is 0.272 e. The highest BCUT2D eigenvalue weighted by molar-refractivity contribution is 6.31. The molecule has 94 valence electrons. The van der Waals surface area contributed by atoms with Crippen LogP contribution in [0.15, 0.2) is 36.5 Å². The van der Waals surface area contributed by atoms with E-state index in [0.717, 1.165) is 11.3 Å². The van der Waals surface area contributed by atoms with Crippen molar-refractivity contribution >= 4 is 23.2 Å². The van der Waals surface area contributed by atoms with Crippen molar-refractivity contribution in [2.24, 2.45) is 12.8 Å². The van der Waals surface area contributed by atoms with Crippen LogP contribution >= 0.6 is 11.6 Å². The molecular weight excluding hydrogens is 250 g/mol. The van der Waals surface area contributed by atoms with E-state index < -0.39 is 0 Å². The van der Waals surface area contributed by atoms with Crippen LogP contribution in [0.25, 0.3) is 0 Å². The van der Waals surface area contributed by atoms with Crippen LogP contribution in [0, 0.1) is 0 Å². The van der Waals surface area contributed by atoms with Crippen molar-refractivity contribution in [3.05, 3.63) is 52.8 Å². The number of nitrogens with two attached hydrogens (primary N) is 1. The van der Waals surface area contributed by atoms with Gasteiger partial charge in [0.05, 0.1) is 5.02 Å². The fourth-order valence-corrected chi connectivity index (χ4v) is 1.97. The van der Waals surface area contributed by atoms with Crippen LogP contribution in [0.2, 0.25) is 5.02 Å². The SMILES string of the molecule is Cn1cc(Cl)cc1C(=O)Nc1cccc(CN)c1. The van der Waals surface area contributed by atoms with Gasteiger partial charge in [-0.25, -0.2) is 0 Å². The molecule has 2 aromatic rings. The van der Waals surface area contributed by atoms with Crippen LogP contribution in [-0.4, -0.2) is 10.5 Å². The van der Waals surface area contributed by atoms with Gasteiger partial charge in [-0.2, -0.15) is 0 Å². The summed E-state index contributed by atoms with van der Waals surface area (Å²) in [6.07, 6.45) is 1.69. The third kappa shape index (κ3) is 2.72. The first-order valence-electron chi connectivity index (χ1n) is 5.52. The Morgan fingerprint density at radius 1 is 1.44 bits per heavy atom. The second-order valence-corrected chi connectivity index (χ2v) is 4.45. The van der Waals surface area contributed by atoms with Crippen LogP contribution in [0.4, 0.5) is 5.69 Å². The molecule has 0 saturated heterocycles. The Bertz CT molecular complexity index is 577. The molecule has 0 aliphatic rings. The second kappa shape index (κ2) is 5.25. The summed E-state index contributed by atoms with van der Waals surface area (Å²) < 4.78 is 1.68. The van der Waals surface area contributed by atoms with Gasteiger partial charge < -0.3 is 15.6 Å². The fraction of sp³-hybridized carbons (Fsp3) is 0.154. The van der Waals surface area contributed by atoms with Crippen LogP contribution in [0.5, 0.6) is 0 Å². The number of aryl methyl sites for hydroxylation is 1. The molecule has 1 aromatic heterocycles. The molecule has 1 aromatic carbocycles. The number of nitrogens with one attached hydrogen (secondary N) is 1. The van der Waals surface area contributed by atoms with Gasteiger partial charge in [-0.15, -0.1) is 0 Å². The van der Waals surface area contributed by atoms with E-state index in [1.54, 1.807) is 23.9 Å². The Balaban J connectivity index is 2.18. The van der Waals surface area contributed by atoms with Crippen LogP contribution in [0.3, 0.4) is 0 Å². The number of carbonyl (C=O) groups excluding carboxylic acids is 1. The van der Waals surface area contributed by atoms with Crippen molar-refractivity contribution in [1.29, 1.82) is 0 Å². The minimum Gasteiger partial charge on any atom is -0.345 e. The molecule has 1 heterocycles. The summed E-state index contributed by atoms with van der Waals surface area (Å²) >= 11 is 5.84. The number of nitrogens with zero attached hydrogens (tertiary/aromatic N) is 1. The van der Waals surface area contributed by atoms with Crippen molar-refractivity contribution in [2.75, 3.05) is 5.32 Å². The highest BCUT2D eigenvalue weighted by Gasteiger charge is 2.11. The summed E-state index contributed by atoms with van der Waals surface area (Å²) in [5.74, 6) is -0.196. The first-order valence-corrected chi connectivity index (χ1v) is 5.90. The Morgan fingerprint density at radius 2 is 2.22 bits per heavy atom. The van der Waals surface area contributed by atoms with Gasteiger partial charge in [0.25, 0.3) is 5.91 Å². The molecule has 0 bridgehead atoms. The molecule has 0 unspecified atom stereocenters. The van der Waals surface area contributed by atoms with E-state index in [0.29, 0.717) is 17.3 Å². The third-order valence-corrected chi connectivity index (χ3v) is 2.83. The summed E-state index contributed by atoms with van der Waals surface area (Å²) in [7, 11) is 1.77. The lowest BCUT2D eigenvalue weighted by Gasteiger charge is -2.07. The fourth-order valence-electron chi connectivity index (χ4n) is 1.72. The maximum absolute atomic E-state index is 12.0. The highest BCUT2D eigenvalue weighted by atomic mass is 35.5. The van der Waals surface area contributed by atoms with E-state index in [2.05, 4.69) is 5.32 Å². The lowest BCUT2D eigenvalue weighted by molar-refractivity contribution is 0.101. The Morgan fingerprint density at radius 3 is 2.83 bits per heavy atom. The number of hydrogen-bond acceptors (Lipinski definition) is 2. The number of hydrogen-bond donors (Lipinski definition) is 2. The summed E-state index contributed by atoms with van der Waals surface area (Å²) in [5.41, 5.74) is 7.76. The topological polar surface area (TPSA) is 60.0 Å². The van der Waals surface area contributed by atoms with Crippen LogP contribution in [0.1, 0.15) is 16.1 Å². The molecule has 0 spiro atoms. The molecule has 4 nitrogen and oxygen atoms in total. The van der Waals surface area contributed by atoms with Gasteiger partial charge in [-0.3, -0.25) is 4.79 Å². The van der Waals surface area contributed by atoms with E-state index in [1.807, 2.05) is 24.3 Å². The van der Waals surface area contributed by atoms with Crippen LogP contribution < -0.4 is 11.1 Å². The number of anilines is 1. The van der Waals surface area contributed by atoms with Crippen molar-refractivity contribution in [3.63, 3.8) is 0 Å². The molecule has 0 saturated carbocycles. The largest absolute Gasteiger partial charge is 0.345 e. The number of halogens is 1. The molecule has 18 heavy (non-hydrogen) atoms. The Hall–Kier alpha value is -1.78. The monoisotopic (exact) mass is 263 g/mol. The summed E-state index contributed by atoms with van der Waals surface area (Å²) in [5, 5.41) is 3.35. The lowest BCUT2D eigenvalue weighted by Crippen LogP contribution is -2.15. The standard InChI is InChI=1S/C13H14ClN3O/c1-17-8-10(14)6-12(17)13(18)16-11-4-2-3-9(5-11)7-15/h2-6,8H,7,15H2,1H3,(H,16,18). The predicted molar refractivity (Wildman–Crippen MR) is 72.7 cm³/mol. The summed E-state index contributed by atoms with van der Waals surface area (Å²) in [6, 6.07) is 9.07. The number of benzene rings is 1. The van der Waals surface area contributed by atoms with Crippen molar-refractivity contribution in [3.8, 4) is 0 Å². The van der Waals surface area contributed by atoms with E-state index >= 15 is 0 Å². The number of aromatic nitrogens is 1. The lowest BCUT2D eigenvalue weighted by atomic mass is 10.2. The minimum absolute atomic E-state index is 0.196. The molecule has 3 N–H and O–H groups in total. The van der Waals surface area contributed by atoms with E-state index in [9.17, 15) is 4.79 Å². The Kier molecular flexibility index (Phi) is 3.69. The first-order chi connectivity index (χ1) is 8.60. The zero-order valence-electron chi connectivity index (χ0n) is 9.98. The zero-order chi connectivity index (χ0) is 13.1. The van der Waals surface area contributed by atoms with Gasteiger partial charge in [0, 0.05) is 25.5 Å². The zero-order valence-corrected chi connectivity index (χ0v) is 10.7. The molecule has 5 heteroatoms. The maximum atomic E-state index is 12.0. The normalized spacial score (nSPS) is 10.4. The molecule has 0 atom stereocenters. The van der Waals surface area contributed by atoms with Gasteiger partial charge in [0.1, 0.15) is 5.69 Å². The summed E-state index contributed by atoms with van der Waals surface area (Å²) in [4.78, 5) is 12.0. The molecule has 0 radical (unpaired) electrons. The highest BCUT2D eigenvalue weighted by Crippen LogP contribution is 2.15. The third-order valence-electron chi connectivity index (χ3n) is 2.62. The quantitative estimate of drug-likeness (QED) is 0.893. The average Bonchev–Trinajstić information content (AvgIpc) is 2.69. The molecule has 1 amide bonds. The molecule has 0 aliphatic carbocycles. The number of amides is 1. The van der Waals surface area contributed by atoms with Crippen LogP contribution in [-0.2, 0) is 13.6 Å². The van der Waals surface area contributed by atoms with Crippen molar-refractivity contribution < 1.29 is 4.79 Å². The molecular formula is C13H14ClN3O. The summed E-state index contributed by atoms with van der Waals surface area (Å²) in [6.45, 7) is 0.444.